The van der Waals surface area contributed by atoms with Crippen LogP contribution in [0.3, 0.4) is 0 Å². The molecule has 0 aliphatic carbocycles. The zero-order valence-electron chi connectivity index (χ0n) is 10.1. The van der Waals surface area contributed by atoms with Gasteiger partial charge in [0.1, 0.15) is 0 Å². The maximum atomic E-state index is 5.19. The molecule has 0 radical (unpaired) electrons. The number of likely N-dealkylation sites (tertiary alicyclic amines) is 1. The number of aryl methyl sites for hydroxylation is 1. The van der Waals surface area contributed by atoms with E-state index in [1.54, 1.807) is 0 Å². The first-order chi connectivity index (χ1) is 8.70. The molecule has 1 saturated heterocycles. The number of hydrogen-bond acceptors (Lipinski definition) is 4. The number of rotatable bonds is 3. The minimum absolute atomic E-state index is 0.404. The molecule has 1 aromatic heterocycles. The molecule has 2 aromatic rings. The van der Waals surface area contributed by atoms with Crippen LogP contribution in [-0.4, -0.2) is 28.1 Å². The summed E-state index contributed by atoms with van der Waals surface area (Å²) in [6.45, 7) is 4.83. The van der Waals surface area contributed by atoms with Crippen LogP contribution in [0.25, 0.3) is 0 Å². The van der Waals surface area contributed by atoms with Gasteiger partial charge >= 0.3 is 0 Å². The molecule has 0 atom stereocenters. The highest BCUT2D eigenvalue weighted by Crippen LogP contribution is 2.27. The Morgan fingerprint density at radius 1 is 1.33 bits per heavy atom. The number of halogens is 1. The summed E-state index contributed by atoms with van der Waals surface area (Å²) in [4.78, 5) is 6.66. The summed E-state index contributed by atoms with van der Waals surface area (Å²) in [5.41, 5.74) is 1.33. The SMILES string of the molecule is Cc1noc(C2CN(Cc3ccc(Br)cc3)C2)n1. The summed E-state index contributed by atoms with van der Waals surface area (Å²) in [6.07, 6.45) is 0. The zero-order chi connectivity index (χ0) is 12.5. The van der Waals surface area contributed by atoms with E-state index >= 15 is 0 Å². The van der Waals surface area contributed by atoms with Crippen LogP contribution in [-0.2, 0) is 6.54 Å². The lowest BCUT2D eigenvalue weighted by molar-refractivity contribution is 0.117. The van der Waals surface area contributed by atoms with Gasteiger partial charge in [-0.3, -0.25) is 4.90 Å². The average molecular weight is 308 g/mol. The van der Waals surface area contributed by atoms with Crippen LogP contribution in [0.2, 0.25) is 0 Å². The predicted octanol–water partition coefficient (Wildman–Crippen LogP) is 2.74. The van der Waals surface area contributed by atoms with Gasteiger partial charge in [0.15, 0.2) is 5.82 Å². The molecular formula is C13H14BrN3O. The minimum Gasteiger partial charge on any atom is -0.339 e. The van der Waals surface area contributed by atoms with Crippen molar-refractivity contribution < 1.29 is 4.52 Å². The van der Waals surface area contributed by atoms with E-state index in [1.165, 1.54) is 5.56 Å². The Labute approximate surface area is 114 Å². The standard InChI is InChI=1S/C13H14BrN3O/c1-9-15-13(18-16-9)11-7-17(8-11)6-10-2-4-12(14)5-3-10/h2-5,11H,6-8H2,1H3. The molecule has 0 saturated carbocycles. The maximum absolute atomic E-state index is 5.19. The predicted molar refractivity (Wildman–Crippen MR) is 71.2 cm³/mol. The van der Waals surface area contributed by atoms with Gasteiger partial charge in [0.2, 0.25) is 5.89 Å². The molecule has 0 bridgehead atoms. The topological polar surface area (TPSA) is 42.2 Å². The maximum Gasteiger partial charge on any atom is 0.232 e. The lowest BCUT2D eigenvalue weighted by Crippen LogP contribution is -2.44. The third kappa shape index (κ3) is 2.47. The quantitative estimate of drug-likeness (QED) is 0.874. The van der Waals surface area contributed by atoms with Gasteiger partial charge in [0, 0.05) is 24.1 Å². The molecule has 2 heterocycles. The molecule has 0 N–H and O–H groups in total. The van der Waals surface area contributed by atoms with Crippen LogP contribution >= 0.6 is 15.9 Å². The van der Waals surface area contributed by atoms with E-state index in [-0.39, 0.29) is 0 Å². The zero-order valence-corrected chi connectivity index (χ0v) is 11.7. The van der Waals surface area contributed by atoms with Crippen molar-refractivity contribution in [1.82, 2.24) is 15.0 Å². The van der Waals surface area contributed by atoms with Crippen LogP contribution in [0.15, 0.2) is 33.3 Å². The van der Waals surface area contributed by atoms with Gasteiger partial charge < -0.3 is 4.52 Å². The fraction of sp³-hybridized carbons (Fsp3) is 0.385. The third-order valence-electron chi connectivity index (χ3n) is 3.17. The first-order valence-corrected chi connectivity index (χ1v) is 6.77. The first-order valence-electron chi connectivity index (χ1n) is 5.98. The van der Waals surface area contributed by atoms with E-state index in [2.05, 4.69) is 55.2 Å². The molecule has 18 heavy (non-hydrogen) atoms. The number of hydrogen-bond donors (Lipinski definition) is 0. The highest BCUT2D eigenvalue weighted by Gasteiger charge is 2.32. The van der Waals surface area contributed by atoms with Crippen molar-refractivity contribution in [3.63, 3.8) is 0 Å². The van der Waals surface area contributed by atoms with E-state index in [1.807, 2.05) is 6.92 Å². The van der Waals surface area contributed by atoms with Crippen molar-refractivity contribution in [2.45, 2.75) is 19.4 Å². The summed E-state index contributed by atoms with van der Waals surface area (Å²) in [7, 11) is 0. The Morgan fingerprint density at radius 2 is 2.06 bits per heavy atom. The second-order valence-corrected chi connectivity index (χ2v) is 5.61. The van der Waals surface area contributed by atoms with Crippen molar-refractivity contribution in [3.8, 4) is 0 Å². The Kier molecular flexibility index (Phi) is 3.18. The van der Waals surface area contributed by atoms with Gasteiger partial charge in [0.05, 0.1) is 5.92 Å². The summed E-state index contributed by atoms with van der Waals surface area (Å²) >= 11 is 3.44. The second-order valence-electron chi connectivity index (χ2n) is 4.70. The molecule has 3 rings (SSSR count). The average Bonchev–Trinajstić information content (AvgIpc) is 2.72. The fourth-order valence-electron chi connectivity index (χ4n) is 2.18. The minimum atomic E-state index is 0.404. The number of benzene rings is 1. The van der Waals surface area contributed by atoms with E-state index in [9.17, 15) is 0 Å². The Morgan fingerprint density at radius 3 is 2.67 bits per heavy atom. The largest absolute Gasteiger partial charge is 0.339 e. The lowest BCUT2D eigenvalue weighted by atomic mass is 9.99. The summed E-state index contributed by atoms with van der Waals surface area (Å²) in [5.74, 6) is 1.90. The van der Waals surface area contributed by atoms with Crippen LogP contribution in [0.5, 0.6) is 0 Å². The summed E-state index contributed by atoms with van der Waals surface area (Å²) < 4.78 is 6.31. The van der Waals surface area contributed by atoms with E-state index in [0.29, 0.717) is 5.92 Å². The van der Waals surface area contributed by atoms with E-state index in [4.69, 9.17) is 4.52 Å². The summed E-state index contributed by atoms with van der Waals surface area (Å²) in [6, 6.07) is 8.45. The molecule has 94 valence electrons. The Bertz CT molecular complexity index is 531. The van der Waals surface area contributed by atoms with E-state index in [0.717, 1.165) is 35.8 Å². The molecule has 1 aliphatic rings. The van der Waals surface area contributed by atoms with E-state index < -0.39 is 0 Å². The van der Waals surface area contributed by atoms with Crippen molar-refractivity contribution >= 4 is 15.9 Å². The molecule has 0 unspecified atom stereocenters. The molecule has 5 heteroatoms. The number of aromatic nitrogens is 2. The van der Waals surface area contributed by atoms with Crippen molar-refractivity contribution in [2.75, 3.05) is 13.1 Å². The van der Waals surface area contributed by atoms with Gasteiger partial charge in [-0.1, -0.05) is 33.2 Å². The van der Waals surface area contributed by atoms with Gasteiger partial charge in [-0.25, -0.2) is 0 Å². The fourth-order valence-corrected chi connectivity index (χ4v) is 2.45. The molecule has 0 amide bonds. The smallest absolute Gasteiger partial charge is 0.232 e. The molecule has 1 aliphatic heterocycles. The van der Waals surface area contributed by atoms with Crippen molar-refractivity contribution in [2.24, 2.45) is 0 Å². The van der Waals surface area contributed by atoms with Gasteiger partial charge in [-0.2, -0.15) is 4.98 Å². The molecule has 1 fully saturated rings. The van der Waals surface area contributed by atoms with Crippen LogP contribution < -0.4 is 0 Å². The summed E-state index contributed by atoms with van der Waals surface area (Å²) in [5, 5.41) is 3.83. The molecule has 1 aromatic carbocycles. The highest BCUT2D eigenvalue weighted by atomic mass is 79.9. The number of nitrogens with zero attached hydrogens (tertiary/aromatic N) is 3. The Balaban J connectivity index is 1.55. The molecule has 4 nitrogen and oxygen atoms in total. The van der Waals surface area contributed by atoms with Gasteiger partial charge in [0.25, 0.3) is 0 Å². The second kappa shape index (κ2) is 4.82. The highest BCUT2D eigenvalue weighted by molar-refractivity contribution is 9.10. The van der Waals surface area contributed by atoms with Crippen LogP contribution in [0.4, 0.5) is 0 Å². The lowest BCUT2D eigenvalue weighted by Gasteiger charge is -2.37. The third-order valence-corrected chi connectivity index (χ3v) is 3.70. The Hall–Kier alpha value is -1.20. The van der Waals surface area contributed by atoms with Crippen LogP contribution in [0.1, 0.15) is 23.2 Å². The van der Waals surface area contributed by atoms with Crippen molar-refractivity contribution in [3.05, 3.63) is 46.0 Å². The van der Waals surface area contributed by atoms with Crippen LogP contribution in [0, 0.1) is 6.92 Å². The van der Waals surface area contributed by atoms with Gasteiger partial charge in [-0.15, -0.1) is 0 Å². The molecular weight excluding hydrogens is 294 g/mol. The molecule has 0 spiro atoms. The normalized spacial score (nSPS) is 16.8. The monoisotopic (exact) mass is 307 g/mol. The first kappa shape index (κ1) is 11.9. The van der Waals surface area contributed by atoms with Gasteiger partial charge in [-0.05, 0) is 24.6 Å². The van der Waals surface area contributed by atoms with Crippen molar-refractivity contribution in [1.29, 1.82) is 0 Å².